The average molecular weight is 576 g/mol. The number of guanidine groups is 1. The monoisotopic (exact) mass is 576 g/mol. The number of ether oxygens (including phenoxy) is 4. The molecule has 0 spiro atoms. The van der Waals surface area contributed by atoms with Crippen LogP contribution in [0.2, 0.25) is 0 Å². The molecular weight excluding hydrogens is 547 g/mol. The summed E-state index contributed by atoms with van der Waals surface area (Å²) >= 11 is 0. The minimum atomic E-state index is 0. The second-order valence-electron chi connectivity index (χ2n) is 7.27. The Labute approximate surface area is 216 Å². The first kappa shape index (κ1) is 25.4. The Bertz CT molecular complexity index is 1090. The predicted octanol–water partition coefficient (Wildman–Crippen LogP) is 5.24. The molecule has 0 aliphatic carbocycles. The summed E-state index contributed by atoms with van der Waals surface area (Å²) in [6, 6.07) is 17.1. The Morgan fingerprint density at radius 3 is 2.53 bits per heavy atom. The Hall–Kier alpha value is -3.21. The lowest BCUT2D eigenvalue weighted by molar-refractivity contribution is 0.297. The van der Waals surface area contributed by atoms with E-state index in [1.807, 2.05) is 61.5 Å². The molecule has 1 aliphatic heterocycles. The van der Waals surface area contributed by atoms with Gasteiger partial charge in [0.15, 0.2) is 17.5 Å². The van der Waals surface area contributed by atoms with Gasteiger partial charge in [-0.3, -0.25) is 4.99 Å². The fourth-order valence-electron chi connectivity index (χ4n) is 3.25. The number of hydrogen-bond donors (Lipinski definition) is 2. The lowest BCUT2D eigenvalue weighted by atomic mass is 10.2. The van der Waals surface area contributed by atoms with Crippen molar-refractivity contribution >= 4 is 35.6 Å². The third-order valence-corrected chi connectivity index (χ3v) is 4.85. The number of nitrogens with zero attached hydrogens (tertiary/aromatic N) is 2. The molecular formula is C25H29IN4O4. The molecule has 0 fully saturated rings. The second-order valence-corrected chi connectivity index (χ2v) is 7.27. The fraction of sp³-hybridized carbons (Fsp3) is 0.280. The molecule has 0 saturated carbocycles. The molecule has 2 N–H and O–H groups in total. The van der Waals surface area contributed by atoms with Crippen molar-refractivity contribution in [3.8, 4) is 28.9 Å². The Morgan fingerprint density at radius 1 is 1.00 bits per heavy atom. The quantitative estimate of drug-likeness (QED) is 0.226. The van der Waals surface area contributed by atoms with Gasteiger partial charge in [-0.15, -0.1) is 24.0 Å². The maximum absolute atomic E-state index is 5.88. The maximum atomic E-state index is 5.88. The van der Waals surface area contributed by atoms with Crippen LogP contribution in [0.5, 0.6) is 28.9 Å². The van der Waals surface area contributed by atoms with E-state index in [1.54, 1.807) is 13.2 Å². The number of hydrogen-bond acceptors (Lipinski definition) is 6. The van der Waals surface area contributed by atoms with Crippen molar-refractivity contribution in [3.63, 3.8) is 0 Å². The molecule has 0 atom stereocenters. The standard InChI is InChI=1S/C25H28N4O4.HI/c1-3-30-20-6-8-21(9-7-20)33-24-15-18(11-12-27-24)17-28-25(26-2)29-19-5-10-22-23(16-19)32-14-4-13-31-22;/h5-12,15-16H,3-4,13-14,17H2,1-2H3,(H2,26,28,29);1H. The number of aromatic nitrogens is 1. The molecule has 0 saturated heterocycles. The Kier molecular flexibility index (Phi) is 9.62. The summed E-state index contributed by atoms with van der Waals surface area (Å²) in [7, 11) is 1.73. The van der Waals surface area contributed by atoms with Crippen LogP contribution in [0.1, 0.15) is 18.9 Å². The molecule has 2 aromatic carbocycles. The summed E-state index contributed by atoms with van der Waals surface area (Å²) in [6.07, 6.45) is 2.60. The van der Waals surface area contributed by atoms with Crippen molar-refractivity contribution in [1.82, 2.24) is 10.3 Å². The van der Waals surface area contributed by atoms with Crippen LogP contribution in [0.15, 0.2) is 65.8 Å². The van der Waals surface area contributed by atoms with Gasteiger partial charge in [-0.25, -0.2) is 4.98 Å². The molecule has 0 unspecified atom stereocenters. The summed E-state index contributed by atoms with van der Waals surface area (Å²) in [6.45, 7) is 4.44. The maximum Gasteiger partial charge on any atom is 0.219 e. The van der Waals surface area contributed by atoms with Crippen molar-refractivity contribution in [1.29, 1.82) is 0 Å². The van der Waals surface area contributed by atoms with Crippen LogP contribution in [0.3, 0.4) is 0 Å². The number of halogens is 1. The highest BCUT2D eigenvalue weighted by molar-refractivity contribution is 14.0. The Balaban J connectivity index is 0.00000324. The minimum Gasteiger partial charge on any atom is -0.494 e. The van der Waals surface area contributed by atoms with Gasteiger partial charge in [0.1, 0.15) is 11.5 Å². The van der Waals surface area contributed by atoms with E-state index in [4.69, 9.17) is 18.9 Å². The molecule has 0 radical (unpaired) electrons. The molecule has 8 nitrogen and oxygen atoms in total. The van der Waals surface area contributed by atoms with Crippen LogP contribution < -0.4 is 29.6 Å². The van der Waals surface area contributed by atoms with E-state index in [9.17, 15) is 0 Å². The molecule has 9 heteroatoms. The smallest absolute Gasteiger partial charge is 0.219 e. The zero-order valence-electron chi connectivity index (χ0n) is 19.2. The van der Waals surface area contributed by atoms with Crippen molar-refractivity contribution in [2.24, 2.45) is 4.99 Å². The molecule has 4 rings (SSSR count). The molecule has 0 amide bonds. The second kappa shape index (κ2) is 12.9. The highest BCUT2D eigenvalue weighted by Gasteiger charge is 2.11. The number of anilines is 1. The van der Waals surface area contributed by atoms with Crippen molar-refractivity contribution in [2.75, 3.05) is 32.2 Å². The molecule has 0 bridgehead atoms. The van der Waals surface area contributed by atoms with Gasteiger partial charge in [0.25, 0.3) is 0 Å². The van der Waals surface area contributed by atoms with E-state index < -0.39 is 0 Å². The molecule has 1 aliphatic rings. The van der Waals surface area contributed by atoms with Gasteiger partial charge in [-0.2, -0.15) is 0 Å². The first-order valence-corrected chi connectivity index (χ1v) is 11.0. The van der Waals surface area contributed by atoms with Crippen molar-refractivity contribution < 1.29 is 18.9 Å². The van der Waals surface area contributed by atoms with Crippen LogP contribution in [0.4, 0.5) is 5.69 Å². The summed E-state index contributed by atoms with van der Waals surface area (Å²) in [5.74, 6) is 4.15. The summed E-state index contributed by atoms with van der Waals surface area (Å²) in [5, 5.41) is 6.59. The van der Waals surface area contributed by atoms with Crippen molar-refractivity contribution in [2.45, 2.75) is 19.9 Å². The lowest BCUT2D eigenvalue weighted by Gasteiger charge is -2.14. The number of pyridine rings is 1. The molecule has 34 heavy (non-hydrogen) atoms. The van der Waals surface area contributed by atoms with Gasteiger partial charge < -0.3 is 29.6 Å². The average Bonchev–Trinajstić information content (AvgIpc) is 3.08. The molecule has 3 aromatic rings. The zero-order valence-corrected chi connectivity index (χ0v) is 21.6. The third-order valence-electron chi connectivity index (χ3n) is 4.85. The summed E-state index contributed by atoms with van der Waals surface area (Å²) in [4.78, 5) is 8.61. The van der Waals surface area contributed by atoms with E-state index in [0.29, 0.717) is 44.0 Å². The van der Waals surface area contributed by atoms with Crippen LogP contribution in [0, 0.1) is 0 Å². The van der Waals surface area contributed by atoms with Gasteiger partial charge >= 0.3 is 0 Å². The molecule has 1 aromatic heterocycles. The van der Waals surface area contributed by atoms with Gasteiger partial charge in [0.2, 0.25) is 5.88 Å². The highest BCUT2D eigenvalue weighted by Crippen LogP contribution is 2.32. The Morgan fingerprint density at radius 2 is 1.76 bits per heavy atom. The van der Waals surface area contributed by atoms with E-state index in [2.05, 4.69) is 20.6 Å². The molecule has 180 valence electrons. The molecule has 2 heterocycles. The SMILES string of the molecule is CCOc1ccc(Oc2cc(CNC(=NC)Nc3ccc4c(c3)OCCCO4)ccn2)cc1.I. The first-order chi connectivity index (χ1) is 16.2. The highest BCUT2D eigenvalue weighted by atomic mass is 127. The van der Waals surface area contributed by atoms with Crippen LogP contribution in [-0.2, 0) is 6.54 Å². The van der Waals surface area contributed by atoms with Gasteiger partial charge in [-0.1, -0.05) is 0 Å². The van der Waals surface area contributed by atoms with E-state index in [0.717, 1.165) is 34.9 Å². The van der Waals surface area contributed by atoms with Gasteiger partial charge in [0, 0.05) is 44.0 Å². The summed E-state index contributed by atoms with van der Waals surface area (Å²) in [5.41, 5.74) is 1.87. The predicted molar refractivity (Wildman–Crippen MR) is 143 cm³/mol. The lowest BCUT2D eigenvalue weighted by Crippen LogP contribution is -2.30. The third kappa shape index (κ3) is 7.14. The van der Waals surface area contributed by atoms with Crippen LogP contribution in [-0.4, -0.2) is 37.8 Å². The number of benzene rings is 2. The number of nitrogens with one attached hydrogen (secondary N) is 2. The van der Waals surface area contributed by atoms with Crippen LogP contribution >= 0.6 is 24.0 Å². The van der Waals surface area contributed by atoms with E-state index >= 15 is 0 Å². The van der Waals surface area contributed by atoms with E-state index in [1.165, 1.54) is 0 Å². The first-order valence-electron chi connectivity index (χ1n) is 11.0. The number of rotatable bonds is 7. The number of aliphatic imine (C=N–C) groups is 1. The largest absolute Gasteiger partial charge is 0.494 e. The van der Waals surface area contributed by atoms with E-state index in [-0.39, 0.29) is 24.0 Å². The van der Waals surface area contributed by atoms with Crippen LogP contribution in [0.25, 0.3) is 0 Å². The van der Waals surface area contributed by atoms with Crippen molar-refractivity contribution in [3.05, 3.63) is 66.4 Å². The van der Waals surface area contributed by atoms with Gasteiger partial charge in [-0.05, 0) is 55.0 Å². The van der Waals surface area contributed by atoms with Gasteiger partial charge in [0.05, 0.1) is 19.8 Å². The topological polar surface area (TPSA) is 86.2 Å². The normalized spacial score (nSPS) is 12.7. The minimum absolute atomic E-state index is 0. The summed E-state index contributed by atoms with van der Waals surface area (Å²) < 4.78 is 22.8. The number of fused-ring (bicyclic) bond motifs is 1. The zero-order chi connectivity index (χ0) is 22.9. The fourth-order valence-corrected chi connectivity index (χ4v) is 3.25.